The van der Waals surface area contributed by atoms with E-state index in [9.17, 15) is 4.79 Å². The van der Waals surface area contributed by atoms with E-state index in [1.54, 1.807) is 18.2 Å². The number of nitrogens with two attached hydrogens (primary N) is 1. The van der Waals surface area contributed by atoms with Gasteiger partial charge in [0.25, 0.3) is 5.91 Å². The number of pyridine rings is 1. The molecular formula is C16H20N4O. The molecule has 0 atom stereocenters. The summed E-state index contributed by atoms with van der Waals surface area (Å²) in [5.41, 5.74) is 9.94. The molecule has 2 aromatic rings. The van der Waals surface area contributed by atoms with Gasteiger partial charge in [-0.15, -0.1) is 0 Å². The standard InChI is InChI=1S/C16H20N4O/c1-3-18-16(21)13-6-7-14(17)15(8-13)20-10-12-5-4-11(2)19-9-12/h4-9,20H,3,10,17H2,1-2H3,(H,18,21). The third-order valence-electron chi connectivity index (χ3n) is 3.11. The Kier molecular flexibility index (Phi) is 4.77. The van der Waals surface area contributed by atoms with Crippen molar-refractivity contribution in [3.8, 4) is 0 Å². The molecule has 0 bridgehead atoms. The molecule has 0 radical (unpaired) electrons. The van der Waals surface area contributed by atoms with Gasteiger partial charge in [0.2, 0.25) is 0 Å². The maximum atomic E-state index is 11.8. The van der Waals surface area contributed by atoms with Gasteiger partial charge in [-0.25, -0.2) is 0 Å². The van der Waals surface area contributed by atoms with Crippen LogP contribution in [-0.2, 0) is 6.54 Å². The molecule has 110 valence electrons. The number of rotatable bonds is 5. The lowest BCUT2D eigenvalue weighted by atomic mass is 10.1. The molecule has 5 nitrogen and oxygen atoms in total. The van der Waals surface area contributed by atoms with Crippen LogP contribution in [0.2, 0.25) is 0 Å². The summed E-state index contributed by atoms with van der Waals surface area (Å²) in [6.07, 6.45) is 1.83. The van der Waals surface area contributed by atoms with Gasteiger partial charge in [0.05, 0.1) is 11.4 Å². The summed E-state index contributed by atoms with van der Waals surface area (Å²) in [4.78, 5) is 16.1. The lowest BCUT2D eigenvalue weighted by molar-refractivity contribution is 0.0956. The quantitative estimate of drug-likeness (QED) is 0.736. The van der Waals surface area contributed by atoms with Crippen molar-refractivity contribution in [1.29, 1.82) is 0 Å². The molecule has 0 aliphatic rings. The zero-order chi connectivity index (χ0) is 15.2. The van der Waals surface area contributed by atoms with Gasteiger partial charge in [0, 0.05) is 30.5 Å². The van der Waals surface area contributed by atoms with E-state index in [1.807, 2.05) is 32.2 Å². The Labute approximate surface area is 124 Å². The smallest absolute Gasteiger partial charge is 0.251 e. The van der Waals surface area contributed by atoms with E-state index in [-0.39, 0.29) is 5.91 Å². The second kappa shape index (κ2) is 6.74. The Hall–Kier alpha value is -2.56. The third-order valence-corrected chi connectivity index (χ3v) is 3.11. The third kappa shape index (κ3) is 3.95. The average Bonchev–Trinajstić information content (AvgIpc) is 2.48. The Balaban J connectivity index is 2.10. The highest BCUT2D eigenvalue weighted by atomic mass is 16.1. The largest absolute Gasteiger partial charge is 0.397 e. The summed E-state index contributed by atoms with van der Waals surface area (Å²) in [6, 6.07) is 9.20. The van der Waals surface area contributed by atoms with Crippen LogP contribution in [0.4, 0.5) is 11.4 Å². The van der Waals surface area contributed by atoms with Gasteiger partial charge in [-0.2, -0.15) is 0 Å². The summed E-state index contributed by atoms with van der Waals surface area (Å²) >= 11 is 0. The minimum Gasteiger partial charge on any atom is -0.397 e. The molecule has 0 fully saturated rings. The van der Waals surface area contributed by atoms with Crippen molar-refractivity contribution in [2.45, 2.75) is 20.4 Å². The predicted octanol–water partition coefficient (Wildman–Crippen LogP) is 2.33. The van der Waals surface area contributed by atoms with E-state index in [2.05, 4.69) is 15.6 Å². The number of nitrogens with one attached hydrogen (secondary N) is 2. The lowest BCUT2D eigenvalue weighted by Crippen LogP contribution is -2.22. The molecule has 1 aromatic heterocycles. The molecule has 0 saturated carbocycles. The van der Waals surface area contributed by atoms with Gasteiger partial charge < -0.3 is 16.4 Å². The molecule has 0 aliphatic heterocycles. The molecule has 2 rings (SSSR count). The first-order valence-electron chi connectivity index (χ1n) is 6.93. The number of aryl methyl sites for hydroxylation is 1. The molecule has 1 heterocycles. The number of carbonyl (C=O) groups excluding carboxylic acids is 1. The number of carbonyl (C=O) groups is 1. The van der Waals surface area contributed by atoms with Crippen molar-refractivity contribution in [2.24, 2.45) is 0 Å². The predicted molar refractivity (Wildman–Crippen MR) is 85.2 cm³/mol. The number of nitrogen functional groups attached to an aromatic ring is 1. The number of aromatic nitrogens is 1. The number of amides is 1. The number of hydrogen-bond donors (Lipinski definition) is 3. The van der Waals surface area contributed by atoms with Crippen LogP contribution in [0.5, 0.6) is 0 Å². The number of nitrogens with zero attached hydrogens (tertiary/aromatic N) is 1. The first-order valence-corrected chi connectivity index (χ1v) is 6.93. The molecule has 0 saturated heterocycles. The van der Waals surface area contributed by atoms with Crippen molar-refractivity contribution in [3.63, 3.8) is 0 Å². The number of hydrogen-bond acceptors (Lipinski definition) is 4. The molecule has 5 heteroatoms. The maximum Gasteiger partial charge on any atom is 0.251 e. The Bertz CT molecular complexity index is 623. The van der Waals surface area contributed by atoms with E-state index in [1.165, 1.54) is 0 Å². The van der Waals surface area contributed by atoms with Crippen molar-refractivity contribution in [3.05, 3.63) is 53.3 Å². The minimum absolute atomic E-state index is 0.0995. The Morgan fingerprint density at radius 3 is 2.76 bits per heavy atom. The highest BCUT2D eigenvalue weighted by Gasteiger charge is 2.07. The molecule has 0 spiro atoms. The zero-order valence-electron chi connectivity index (χ0n) is 12.3. The summed E-state index contributed by atoms with van der Waals surface area (Å²) in [5.74, 6) is -0.0995. The second-order valence-corrected chi connectivity index (χ2v) is 4.82. The highest BCUT2D eigenvalue weighted by molar-refractivity contribution is 5.96. The van der Waals surface area contributed by atoms with Crippen molar-refractivity contribution in [2.75, 3.05) is 17.6 Å². The maximum absolute atomic E-state index is 11.8. The fraction of sp³-hybridized carbons (Fsp3) is 0.250. The molecule has 0 unspecified atom stereocenters. The van der Waals surface area contributed by atoms with Crippen LogP contribution < -0.4 is 16.4 Å². The molecule has 4 N–H and O–H groups in total. The first kappa shape index (κ1) is 14.8. The topological polar surface area (TPSA) is 80.0 Å². The van der Waals surface area contributed by atoms with E-state index < -0.39 is 0 Å². The van der Waals surface area contributed by atoms with Crippen molar-refractivity contribution >= 4 is 17.3 Å². The summed E-state index contributed by atoms with van der Waals surface area (Å²) in [5, 5.41) is 6.01. The van der Waals surface area contributed by atoms with Crippen molar-refractivity contribution in [1.82, 2.24) is 10.3 Å². The second-order valence-electron chi connectivity index (χ2n) is 4.82. The minimum atomic E-state index is -0.0995. The normalized spacial score (nSPS) is 10.2. The average molecular weight is 284 g/mol. The molecule has 1 amide bonds. The fourth-order valence-corrected chi connectivity index (χ4v) is 1.91. The monoisotopic (exact) mass is 284 g/mol. The van der Waals surface area contributed by atoms with Crippen LogP contribution in [0.25, 0.3) is 0 Å². The van der Waals surface area contributed by atoms with Gasteiger partial charge in [-0.3, -0.25) is 9.78 Å². The van der Waals surface area contributed by atoms with Crippen LogP contribution in [0.1, 0.15) is 28.5 Å². The highest BCUT2D eigenvalue weighted by Crippen LogP contribution is 2.20. The van der Waals surface area contributed by atoms with Crippen LogP contribution >= 0.6 is 0 Å². The van der Waals surface area contributed by atoms with Crippen LogP contribution in [0.3, 0.4) is 0 Å². The molecule has 0 aliphatic carbocycles. The van der Waals surface area contributed by atoms with Crippen LogP contribution in [0.15, 0.2) is 36.5 Å². The number of benzene rings is 1. The van der Waals surface area contributed by atoms with Gasteiger partial charge in [-0.05, 0) is 43.7 Å². The van der Waals surface area contributed by atoms with E-state index in [0.717, 1.165) is 16.9 Å². The summed E-state index contributed by atoms with van der Waals surface area (Å²) in [7, 11) is 0. The SMILES string of the molecule is CCNC(=O)c1ccc(N)c(NCc2ccc(C)nc2)c1. The van der Waals surface area contributed by atoms with Gasteiger partial charge in [-0.1, -0.05) is 6.07 Å². The Morgan fingerprint density at radius 1 is 1.29 bits per heavy atom. The Morgan fingerprint density at radius 2 is 2.10 bits per heavy atom. The van der Waals surface area contributed by atoms with E-state index in [4.69, 9.17) is 5.73 Å². The fourth-order valence-electron chi connectivity index (χ4n) is 1.91. The van der Waals surface area contributed by atoms with Gasteiger partial charge in [0.1, 0.15) is 0 Å². The lowest BCUT2D eigenvalue weighted by Gasteiger charge is -2.11. The first-order chi connectivity index (χ1) is 10.1. The van der Waals surface area contributed by atoms with Gasteiger partial charge in [0.15, 0.2) is 0 Å². The van der Waals surface area contributed by atoms with Gasteiger partial charge >= 0.3 is 0 Å². The number of anilines is 2. The molecule has 21 heavy (non-hydrogen) atoms. The summed E-state index contributed by atoms with van der Waals surface area (Å²) < 4.78 is 0. The molecule has 1 aromatic carbocycles. The zero-order valence-corrected chi connectivity index (χ0v) is 12.3. The van der Waals surface area contributed by atoms with E-state index >= 15 is 0 Å². The van der Waals surface area contributed by atoms with E-state index in [0.29, 0.717) is 24.3 Å². The summed E-state index contributed by atoms with van der Waals surface area (Å²) in [6.45, 7) is 5.04. The molecular weight excluding hydrogens is 264 g/mol. The van der Waals surface area contributed by atoms with Crippen LogP contribution in [-0.4, -0.2) is 17.4 Å². The van der Waals surface area contributed by atoms with Crippen molar-refractivity contribution < 1.29 is 4.79 Å². The van der Waals surface area contributed by atoms with Crippen LogP contribution in [0, 0.1) is 6.92 Å².